The van der Waals surface area contributed by atoms with Crippen molar-refractivity contribution >= 4 is 39.2 Å². The first-order valence-electron chi connectivity index (χ1n) is 3.98. The van der Waals surface area contributed by atoms with E-state index in [0.717, 1.165) is 0 Å². The lowest BCUT2D eigenvalue weighted by atomic mass is 10.2. The van der Waals surface area contributed by atoms with E-state index in [1.807, 2.05) is 0 Å². The summed E-state index contributed by atoms with van der Waals surface area (Å²) in [7, 11) is 0. The Bertz CT molecular complexity index is 368. The van der Waals surface area contributed by atoms with Gasteiger partial charge in [0.1, 0.15) is 0 Å². The van der Waals surface area contributed by atoms with Crippen LogP contribution in [0.2, 0.25) is 5.02 Å². The minimum atomic E-state index is -0.459. The fourth-order valence-corrected chi connectivity index (χ4v) is 1.46. The number of ether oxygens (including phenoxy) is 1. The molecule has 1 aromatic carbocycles. The average molecular weight is 279 g/mol. The summed E-state index contributed by atoms with van der Waals surface area (Å²) >= 11 is 9.05. The maximum atomic E-state index is 11.4. The third-order valence-corrected chi connectivity index (χ3v) is 2.92. The lowest BCUT2D eigenvalue weighted by Crippen LogP contribution is -2.08. The number of carbonyl (C=O) groups is 1. The number of halogens is 2. The van der Waals surface area contributed by atoms with Crippen LogP contribution in [-0.2, 0) is 4.74 Å². The molecule has 0 amide bonds. The zero-order chi connectivity index (χ0) is 10.7. The van der Waals surface area contributed by atoms with Crippen LogP contribution < -0.4 is 5.73 Å². The Hall–Kier alpha value is -0.740. The van der Waals surface area contributed by atoms with Crippen LogP contribution in [-0.4, -0.2) is 12.6 Å². The van der Waals surface area contributed by atoms with Crippen molar-refractivity contribution in [1.82, 2.24) is 0 Å². The Labute approximate surface area is 95.3 Å². The normalized spacial score (nSPS) is 9.93. The van der Waals surface area contributed by atoms with E-state index in [9.17, 15) is 4.79 Å². The molecule has 0 aliphatic carbocycles. The number of nitrogens with two attached hydrogens (primary N) is 1. The molecule has 76 valence electrons. The minimum absolute atomic E-state index is 0.236. The summed E-state index contributed by atoms with van der Waals surface area (Å²) in [6.07, 6.45) is 0. The fraction of sp³-hybridized carbons (Fsp3) is 0.222. The number of rotatable bonds is 2. The van der Waals surface area contributed by atoms with Crippen molar-refractivity contribution in [3.05, 3.63) is 27.2 Å². The van der Waals surface area contributed by atoms with Gasteiger partial charge in [0.2, 0.25) is 0 Å². The van der Waals surface area contributed by atoms with E-state index in [4.69, 9.17) is 22.1 Å². The number of nitrogen functional groups attached to an aromatic ring is 1. The summed E-state index contributed by atoms with van der Waals surface area (Å²) in [6, 6.07) is 3.23. The van der Waals surface area contributed by atoms with Crippen LogP contribution in [0.4, 0.5) is 5.69 Å². The monoisotopic (exact) mass is 277 g/mol. The second kappa shape index (κ2) is 4.66. The van der Waals surface area contributed by atoms with Crippen LogP contribution in [0.5, 0.6) is 0 Å². The first-order valence-corrected chi connectivity index (χ1v) is 5.15. The Morgan fingerprint density at radius 1 is 1.64 bits per heavy atom. The minimum Gasteiger partial charge on any atom is -0.462 e. The number of esters is 1. The predicted octanol–water partition coefficient (Wildman–Crippen LogP) is 2.86. The lowest BCUT2D eigenvalue weighted by molar-refractivity contribution is 0.0527. The van der Waals surface area contributed by atoms with Crippen LogP contribution in [0.15, 0.2) is 16.6 Å². The molecule has 0 radical (unpaired) electrons. The Balaban J connectivity index is 3.11. The molecule has 14 heavy (non-hydrogen) atoms. The highest BCUT2D eigenvalue weighted by Gasteiger charge is 2.14. The van der Waals surface area contributed by atoms with Crippen molar-refractivity contribution in [2.75, 3.05) is 12.3 Å². The van der Waals surface area contributed by atoms with Gasteiger partial charge in [-0.1, -0.05) is 11.6 Å². The molecule has 0 aliphatic heterocycles. The first-order chi connectivity index (χ1) is 6.57. The zero-order valence-corrected chi connectivity index (χ0v) is 9.85. The third kappa shape index (κ3) is 2.19. The summed E-state index contributed by atoms with van der Waals surface area (Å²) in [5, 5.41) is 0.329. The standard InChI is InChI=1S/C9H9BrClNO2/c1-2-14-9(13)5-3-4-6(10)7(11)8(5)12/h3-4H,2,12H2,1H3. The highest BCUT2D eigenvalue weighted by Crippen LogP contribution is 2.31. The third-order valence-electron chi connectivity index (χ3n) is 1.63. The van der Waals surface area contributed by atoms with Gasteiger partial charge < -0.3 is 10.5 Å². The Kier molecular flexibility index (Phi) is 3.77. The van der Waals surface area contributed by atoms with Crippen molar-refractivity contribution in [2.24, 2.45) is 0 Å². The van der Waals surface area contributed by atoms with E-state index in [1.54, 1.807) is 19.1 Å². The predicted molar refractivity (Wildman–Crippen MR) is 59.5 cm³/mol. The molecule has 1 aromatic rings. The van der Waals surface area contributed by atoms with Gasteiger partial charge in [-0.05, 0) is 35.0 Å². The summed E-state index contributed by atoms with van der Waals surface area (Å²) < 4.78 is 5.47. The van der Waals surface area contributed by atoms with Gasteiger partial charge in [0, 0.05) is 4.47 Å². The van der Waals surface area contributed by atoms with Gasteiger partial charge in [-0.25, -0.2) is 4.79 Å². The maximum Gasteiger partial charge on any atom is 0.340 e. The highest BCUT2D eigenvalue weighted by molar-refractivity contribution is 9.10. The topological polar surface area (TPSA) is 52.3 Å². The van der Waals surface area contributed by atoms with E-state index in [1.165, 1.54) is 0 Å². The maximum absolute atomic E-state index is 11.4. The van der Waals surface area contributed by atoms with Crippen LogP contribution in [0.1, 0.15) is 17.3 Å². The van der Waals surface area contributed by atoms with Gasteiger partial charge in [0.05, 0.1) is 22.9 Å². The number of hydrogen-bond acceptors (Lipinski definition) is 3. The van der Waals surface area contributed by atoms with Crippen molar-refractivity contribution in [2.45, 2.75) is 6.92 Å². The molecule has 3 nitrogen and oxygen atoms in total. The van der Waals surface area contributed by atoms with E-state index in [-0.39, 0.29) is 5.69 Å². The smallest absolute Gasteiger partial charge is 0.340 e. The molecule has 0 fully saturated rings. The van der Waals surface area contributed by atoms with Crippen LogP contribution >= 0.6 is 27.5 Å². The second-order valence-corrected chi connectivity index (χ2v) is 3.78. The molecule has 0 saturated carbocycles. The molecule has 0 saturated heterocycles. The molecular formula is C9H9BrClNO2. The fourth-order valence-electron chi connectivity index (χ4n) is 0.953. The van der Waals surface area contributed by atoms with Gasteiger partial charge in [-0.15, -0.1) is 0 Å². The van der Waals surface area contributed by atoms with E-state index in [0.29, 0.717) is 21.7 Å². The zero-order valence-electron chi connectivity index (χ0n) is 7.51. The van der Waals surface area contributed by atoms with Crippen molar-refractivity contribution in [1.29, 1.82) is 0 Å². The summed E-state index contributed by atoms with van der Waals surface area (Å²) in [5.74, 6) is -0.459. The van der Waals surface area contributed by atoms with Crippen molar-refractivity contribution in [3.63, 3.8) is 0 Å². The molecule has 0 aliphatic rings. The molecule has 0 heterocycles. The molecule has 0 spiro atoms. The van der Waals surface area contributed by atoms with Gasteiger partial charge in [-0.2, -0.15) is 0 Å². The summed E-state index contributed by atoms with van der Waals surface area (Å²) in [4.78, 5) is 11.4. The van der Waals surface area contributed by atoms with Crippen molar-refractivity contribution < 1.29 is 9.53 Å². The molecule has 2 N–H and O–H groups in total. The van der Waals surface area contributed by atoms with Gasteiger partial charge >= 0.3 is 5.97 Å². The largest absolute Gasteiger partial charge is 0.462 e. The van der Waals surface area contributed by atoms with Gasteiger partial charge in [0.25, 0.3) is 0 Å². The van der Waals surface area contributed by atoms with Crippen LogP contribution in [0.3, 0.4) is 0 Å². The molecule has 0 atom stereocenters. The molecule has 1 rings (SSSR count). The van der Waals surface area contributed by atoms with E-state index in [2.05, 4.69) is 15.9 Å². The molecule has 0 aromatic heterocycles. The number of carbonyl (C=O) groups excluding carboxylic acids is 1. The number of benzene rings is 1. The molecule has 5 heteroatoms. The average Bonchev–Trinajstić information content (AvgIpc) is 2.15. The second-order valence-electron chi connectivity index (χ2n) is 2.54. The molecule has 0 bridgehead atoms. The molecule has 0 unspecified atom stereocenters. The quantitative estimate of drug-likeness (QED) is 0.668. The summed E-state index contributed by atoms with van der Waals surface area (Å²) in [5.41, 5.74) is 6.18. The lowest BCUT2D eigenvalue weighted by Gasteiger charge is -2.07. The van der Waals surface area contributed by atoms with Crippen LogP contribution in [0, 0.1) is 0 Å². The Morgan fingerprint density at radius 2 is 2.29 bits per heavy atom. The highest BCUT2D eigenvalue weighted by atomic mass is 79.9. The summed E-state index contributed by atoms with van der Waals surface area (Å²) in [6.45, 7) is 2.04. The SMILES string of the molecule is CCOC(=O)c1ccc(Br)c(Cl)c1N. The van der Waals surface area contributed by atoms with Gasteiger partial charge in [-0.3, -0.25) is 0 Å². The van der Waals surface area contributed by atoms with Crippen LogP contribution in [0.25, 0.3) is 0 Å². The van der Waals surface area contributed by atoms with E-state index < -0.39 is 5.97 Å². The van der Waals surface area contributed by atoms with Crippen molar-refractivity contribution in [3.8, 4) is 0 Å². The molecular weight excluding hydrogens is 269 g/mol. The van der Waals surface area contributed by atoms with E-state index >= 15 is 0 Å². The Morgan fingerprint density at radius 3 is 2.86 bits per heavy atom. The first kappa shape index (κ1) is 11.3. The number of hydrogen-bond donors (Lipinski definition) is 1. The van der Waals surface area contributed by atoms with Gasteiger partial charge in [0.15, 0.2) is 0 Å². The number of anilines is 1.